The van der Waals surface area contributed by atoms with E-state index in [1.165, 1.54) is 12.8 Å². The second-order valence-electron chi connectivity index (χ2n) is 8.91. The van der Waals surface area contributed by atoms with Crippen molar-refractivity contribution in [1.82, 2.24) is 19.7 Å². The molecule has 180 valence electrons. The zero-order valence-electron chi connectivity index (χ0n) is 19.9. The third kappa shape index (κ3) is 5.35. The van der Waals surface area contributed by atoms with Crippen LogP contribution in [0.2, 0.25) is 0 Å². The van der Waals surface area contributed by atoms with E-state index in [4.69, 9.17) is 14.6 Å². The molecule has 4 aromatic rings. The van der Waals surface area contributed by atoms with Crippen molar-refractivity contribution in [3.8, 4) is 22.9 Å². The van der Waals surface area contributed by atoms with Crippen LogP contribution < -0.4 is 9.47 Å². The third-order valence-corrected chi connectivity index (χ3v) is 6.55. The van der Waals surface area contributed by atoms with Gasteiger partial charge in [-0.25, -0.2) is 4.98 Å². The van der Waals surface area contributed by atoms with Gasteiger partial charge in [-0.2, -0.15) is 5.10 Å². The van der Waals surface area contributed by atoms with E-state index in [9.17, 15) is 5.11 Å². The minimum absolute atomic E-state index is 0.0262. The quantitative estimate of drug-likeness (QED) is 0.371. The molecular weight excluding hydrogens is 440 g/mol. The molecular formula is C28H30N4O3. The Hall–Kier alpha value is -3.71. The molecule has 3 heterocycles. The molecule has 1 saturated carbocycles. The standard InChI is InChI=1S/C28H30N4O3/c1-34-28-27(35-24-4-2-3-5-24)17-23(18-30-28)26(16-20-10-13-29-14-11-20)32-15-12-25(31-32)22-8-6-21(19-33)7-9-22/h6-15,17-18,24,26,33H,2-5,16,19H2,1H3. The van der Waals surface area contributed by atoms with Gasteiger partial charge in [-0.15, -0.1) is 0 Å². The Morgan fingerprint density at radius 2 is 1.80 bits per heavy atom. The molecule has 1 atom stereocenters. The van der Waals surface area contributed by atoms with Gasteiger partial charge in [-0.1, -0.05) is 24.3 Å². The van der Waals surface area contributed by atoms with Crippen molar-refractivity contribution in [1.29, 1.82) is 0 Å². The fraction of sp³-hybridized carbons (Fsp3) is 0.321. The predicted molar refractivity (Wildman–Crippen MR) is 133 cm³/mol. The van der Waals surface area contributed by atoms with E-state index in [1.807, 2.05) is 78.0 Å². The zero-order valence-corrected chi connectivity index (χ0v) is 19.9. The SMILES string of the molecule is COc1ncc(C(Cc2ccncc2)n2ccc(-c3ccc(CO)cc3)n2)cc1OC1CCCC1. The Kier molecular flexibility index (Phi) is 7.04. The lowest BCUT2D eigenvalue weighted by Crippen LogP contribution is -2.16. The maximum absolute atomic E-state index is 9.34. The molecule has 0 bridgehead atoms. The van der Waals surface area contributed by atoms with Crippen LogP contribution in [-0.2, 0) is 13.0 Å². The van der Waals surface area contributed by atoms with Crippen LogP contribution in [-0.4, -0.2) is 38.1 Å². The van der Waals surface area contributed by atoms with Gasteiger partial charge in [0.15, 0.2) is 5.75 Å². The van der Waals surface area contributed by atoms with E-state index in [-0.39, 0.29) is 18.8 Å². The Morgan fingerprint density at radius 1 is 1.03 bits per heavy atom. The van der Waals surface area contributed by atoms with Crippen molar-refractivity contribution in [2.75, 3.05) is 7.11 Å². The number of ether oxygens (including phenoxy) is 2. The van der Waals surface area contributed by atoms with Gasteiger partial charge in [0.1, 0.15) is 0 Å². The Bertz CT molecular complexity index is 1230. The van der Waals surface area contributed by atoms with Crippen molar-refractivity contribution in [3.05, 3.63) is 90.0 Å². The van der Waals surface area contributed by atoms with Crippen LogP contribution in [0, 0.1) is 0 Å². The molecule has 35 heavy (non-hydrogen) atoms. The molecule has 0 radical (unpaired) electrons. The highest BCUT2D eigenvalue weighted by atomic mass is 16.5. The molecule has 1 N–H and O–H groups in total. The van der Waals surface area contributed by atoms with Crippen molar-refractivity contribution in [2.45, 2.75) is 50.9 Å². The summed E-state index contributed by atoms with van der Waals surface area (Å²) in [6.07, 6.45) is 12.9. The number of aromatic nitrogens is 4. The van der Waals surface area contributed by atoms with E-state index in [1.54, 1.807) is 7.11 Å². The minimum atomic E-state index is -0.0906. The van der Waals surface area contributed by atoms with Crippen LogP contribution in [0.5, 0.6) is 11.6 Å². The second-order valence-corrected chi connectivity index (χ2v) is 8.91. The number of hydrogen-bond donors (Lipinski definition) is 1. The number of hydrogen-bond acceptors (Lipinski definition) is 6. The fourth-order valence-corrected chi connectivity index (χ4v) is 4.61. The first-order chi connectivity index (χ1) is 17.2. The minimum Gasteiger partial charge on any atom is -0.485 e. The van der Waals surface area contributed by atoms with Crippen molar-refractivity contribution in [2.24, 2.45) is 0 Å². The lowest BCUT2D eigenvalue weighted by Gasteiger charge is -2.21. The summed E-state index contributed by atoms with van der Waals surface area (Å²) in [5, 5.41) is 14.3. The summed E-state index contributed by atoms with van der Waals surface area (Å²) in [7, 11) is 1.62. The summed E-state index contributed by atoms with van der Waals surface area (Å²) in [6, 6.07) is 15.8. The number of aliphatic hydroxyl groups excluding tert-OH is 1. The molecule has 1 fully saturated rings. The molecule has 0 aliphatic heterocycles. The van der Waals surface area contributed by atoms with Gasteiger partial charge >= 0.3 is 0 Å². The Labute approximate surface area is 205 Å². The fourth-order valence-electron chi connectivity index (χ4n) is 4.61. The summed E-state index contributed by atoms with van der Waals surface area (Å²) in [5.74, 6) is 1.19. The number of nitrogens with zero attached hydrogens (tertiary/aromatic N) is 4. The lowest BCUT2D eigenvalue weighted by atomic mass is 10.0. The number of aliphatic hydroxyl groups is 1. The van der Waals surface area contributed by atoms with Gasteiger partial charge in [0, 0.05) is 30.4 Å². The lowest BCUT2D eigenvalue weighted by molar-refractivity contribution is 0.198. The van der Waals surface area contributed by atoms with Crippen molar-refractivity contribution in [3.63, 3.8) is 0 Å². The summed E-state index contributed by atoms with van der Waals surface area (Å²) < 4.78 is 13.8. The zero-order chi connectivity index (χ0) is 24.0. The van der Waals surface area contributed by atoms with Gasteiger partial charge in [0.25, 0.3) is 5.88 Å². The maximum atomic E-state index is 9.34. The third-order valence-electron chi connectivity index (χ3n) is 6.55. The van der Waals surface area contributed by atoms with Gasteiger partial charge in [0.2, 0.25) is 0 Å². The van der Waals surface area contributed by atoms with E-state index >= 15 is 0 Å². The van der Waals surface area contributed by atoms with Crippen LogP contribution in [0.25, 0.3) is 11.3 Å². The van der Waals surface area contributed by atoms with E-state index in [2.05, 4.69) is 9.97 Å². The van der Waals surface area contributed by atoms with Gasteiger partial charge < -0.3 is 14.6 Å². The van der Waals surface area contributed by atoms with E-state index in [0.29, 0.717) is 11.6 Å². The summed E-state index contributed by atoms with van der Waals surface area (Å²) in [6.45, 7) is 0.0262. The highest BCUT2D eigenvalue weighted by Gasteiger charge is 2.23. The molecule has 1 aromatic carbocycles. The molecule has 3 aromatic heterocycles. The molecule has 0 spiro atoms. The highest BCUT2D eigenvalue weighted by molar-refractivity contribution is 5.59. The highest BCUT2D eigenvalue weighted by Crippen LogP contribution is 2.34. The van der Waals surface area contributed by atoms with Crippen LogP contribution in [0.3, 0.4) is 0 Å². The number of pyridine rings is 2. The normalized spacial score (nSPS) is 14.7. The van der Waals surface area contributed by atoms with Gasteiger partial charge in [0.05, 0.1) is 31.6 Å². The summed E-state index contributed by atoms with van der Waals surface area (Å²) >= 11 is 0. The average Bonchev–Trinajstić information content (AvgIpc) is 3.61. The summed E-state index contributed by atoms with van der Waals surface area (Å²) in [4.78, 5) is 8.75. The van der Waals surface area contributed by atoms with Crippen molar-refractivity contribution >= 4 is 0 Å². The molecule has 5 rings (SSSR count). The first-order valence-corrected chi connectivity index (χ1v) is 12.1. The molecule has 1 unspecified atom stereocenters. The maximum Gasteiger partial charge on any atom is 0.256 e. The first kappa shape index (κ1) is 23.1. The Morgan fingerprint density at radius 3 is 2.51 bits per heavy atom. The second kappa shape index (κ2) is 10.7. The number of methoxy groups -OCH3 is 1. The largest absolute Gasteiger partial charge is 0.485 e. The van der Waals surface area contributed by atoms with Crippen molar-refractivity contribution < 1.29 is 14.6 Å². The monoisotopic (exact) mass is 470 g/mol. The predicted octanol–water partition coefficient (Wildman–Crippen LogP) is 4.99. The Balaban J connectivity index is 1.49. The van der Waals surface area contributed by atoms with Crippen LogP contribution in [0.1, 0.15) is 48.4 Å². The molecule has 0 saturated heterocycles. The molecule has 7 heteroatoms. The molecule has 0 amide bonds. The van der Waals surface area contributed by atoms with Crippen LogP contribution in [0.4, 0.5) is 0 Å². The smallest absolute Gasteiger partial charge is 0.256 e. The number of benzene rings is 1. The van der Waals surface area contributed by atoms with E-state index < -0.39 is 0 Å². The first-order valence-electron chi connectivity index (χ1n) is 12.1. The van der Waals surface area contributed by atoms with Gasteiger partial charge in [-0.3, -0.25) is 9.67 Å². The van der Waals surface area contributed by atoms with Crippen LogP contribution in [0.15, 0.2) is 73.3 Å². The van der Waals surface area contributed by atoms with Crippen LogP contribution >= 0.6 is 0 Å². The molecule has 1 aliphatic rings. The molecule has 1 aliphatic carbocycles. The topological polar surface area (TPSA) is 82.3 Å². The summed E-state index contributed by atoms with van der Waals surface area (Å²) in [5.41, 5.74) is 4.91. The number of rotatable bonds is 9. The van der Waals surface area contributed by atoms with E-state index in [0.717, 1.165) is 47.2 Å². The molecule has 7 nitrogen and oxygen atoms in total. The average molecular weight is 471 g/mol. The van der Waals surface area contributed by atoms with Gasteiger partial charge in [-0.05, 0) is 73.1 Å².